The number of carbonyl (C=O) groups is 2. The van der Waals surface area contributed by atoms with E-state index in [1.54, 1.807) is 6.07 Å². The van der Waals surface area contributed by atoms with Crippen LogP contribution in [0.4, 0.5) is 0 Å². The van der Waals surface area contributed by atoms with E-state index in [2.05, 4.69) is 11.9 Å². The second-order valence-corrected chi connectivity index (χ2v) is 3.40. The molecule has 0 spiro atoms. The van der Waals surface area contributed by atoms with E-state index in [1.165, 1.54) is 18.5 Å². The summed E-state index contributed by atoms with van der Waals surface area (Å²) in [5, 5.41) is 16.5. The van der Waals surface area contributed by atoms with Crippen molar-refractivity contribution in [2.45, 2.75) is 32.6 Å². The Labute approximate surface area is 100 Å². The zero-order valence-electron chi connectivity index (χ0n) is 9.80. The summed E-state index contributed by atoms with van der Waals surface area (Å²) < 4.78 is 0. The fourth-order valence-corrected chi connectivity index (χ4v) is 1.02. The van der Waals surface area contributed by atoms with Gasteiger partial charge in [0.25, 0.3) is 0 Å². The molecule has 0 amide bonds. The number of aromatic nitrogens is 1. The maximum atomic E-state index is 10.2. The number of rotatable bonds is 5. The molecule has 0 aliphatic heterocycles. The SMILES string of the molecule is CCCCCC(=O)O.O=C(O)c1cccnc1. The Morgan fingerprint density at radius 1 is 1.29 bits per heavy atom. The first-order valence-electron chi connectivity index (χ1n) is 5.43. The molecule has 0 atom stereocenters. The number of hydrogen-bond acceptors (Lipinski definition) is 3. The molecule has 94 valence electrons. The smallest absolute Gasteiger partial charge is 0.337 e. The first-order valence-corrected chi connectivity index (χ1v) is 5.43. The van der Waals surface area contributed by atoms with Gasteiger partial charge in [-0.05, 0) is 18.6 Å². The Morgan fingerprint density at radius 2 is 2.00 bits per heavy atom. The number of carboxylic acid groups (broad SMARTS) is 2. The average molecular weight is 239 g/mol. The summed E-state index contributed by atoms with van der Waals surface area (Å²) in [5.74, 6) is -1.62. The quantitative estimate of drug-likeness (QED) is 0.770. The first-order chi connectivity index (χ1) is 8.07. The lowest BCUT2D eigenvalue weighted by molar-refractivity contribution is -0.137. The van der Waals surface area contributed by atoms with Crippen LogP contribution in [0.5, 0.6) is 0 Å². The molecule has 0 unspecified atom stereocenters. The van der Waals surface area contributed by atoms with E-state index < -0.39 is 11.9 Å². The molecule has 0 aliphatic rings. The zero-order chi connectivity index (χ0) is 13.1. The van der Waals surface area contributed by atoms with Crippen molar-refractivity contribution in [1.29, 1.82) is 0 Å². The molecule has 0 fully saturated rings. The largest absolute Gasteiger partial charge is 0.481 e. The zero-order valence-corrected chi connectivity index (χ0v) is 9.80. The summed E-state index contributed by atoms with van der Waals surface area (Å²) in [6.07, 6.45) is 6.12. The molecule has 5 nitrogen and oxygen atoms in total. The van der Waals surface area contributed by atoms with Gasteiger partial charge in [0.1, 0.15) is 0 Å². The molecule has 1 heterocycles. The van der Waals surface area contributed by atoms with Gasteiger partial charge >= 0.3 is 11.9 Å². The van der Waals surface area contributed by atoms with Crippen LogP contribution in [0.15, 0.2) is 24.5 Å². The van der Waals surface area contributed by atoms with Crippen molar-refractivity contribution >= 4 is 11.9 Å². The Bertz CT molecular complexity index is 338. The van der Waals surface area contributed by atoms with Crippen LogP contribution in [0, 0.1) is 0 Å². The number of nitrogens with zero attached hydrogens (tertiary/aromatic N) is 1. The van der Waals surface area contributed by atoms with Crippen molar-refractivity contribution in [3.63, 3.8) is 0 Å². The van der Waals surface area contributed by atoms with Crippen LogP contribution in [0.1, 0.15) is 43.0 Å². The monoisotopic (exact) mass is 239 g/mol. The minimum absolute atomic E-state index is 0.220. The van der Waals surface area contributed by atoms with Crippen molar-refractivity contribution < 1.29 is 19.8 Å². The maximum absolute atomic E-state index is 10.2. The molecule has 1 rings (SSSR count). The molecule has 0 radical (unpaired) electrons. The Morgan fingerprint density at radius 3 is 2.35 bits per heavy atom. The molecule has 0 saturated heterocycles. The lowest BCUT2D eigenvalue weighted by Gasteiger charge is -1.89. The van der Waals surface area contributed by atoms with E-state index in [1.807, 2.05) is 0 Å². The molecule has 0 aliphatic carbocycles. The number of aromatic carboxylic acids is 1. The van der Waals surface area contributed by atoms with Gasteiger partial charge in [0.2, 0.25) is 0 Å². The van der Waals surface area contributed by atoms with Crippen molar-refractivity contribution in [2.75, 3.05) is 0 Å². The standard InChI is InChI=1S/C6H5NO2.C6H12O2/c8-6(9)5-2-1-3-7-4-5;1-2-3-4-5-6(7)8/h1-4H,(H,8,9);2-5H2,1H3,(H,7,8). The van der Waals surface area contributed by atoms with Gasteiger partial charge in [0.05, 0.1) is 5.56 Å². The minimum atomic E-state index is -0.942. The van der Waals surface area contributed by atoms with Crippen molar-refractivity contribution in [3.8, 4) is 0 Å². The van der Waals surface area contributed by atoms with Crippen LogP contribution in [-0.4, -0.2) is 27.1 Å². The molecule has 17 heavy (non-hydrogen) atoms. The maximum Gasteiger partial charge on any atom is 0.337 e. The van der Waals surface area contributed by atoms with Gasteiger partial charge < -0.3 is 10.2 Å². The van der Waals surface area contributed by atoms with Gasteiger partial charge in [-0.1, -0.05) is 19.8 Å². The molecule has 0 aromatic carbocycles. The van der Waals surface area contributed by atoms with E-state index >= 15 is 0 Å². The second-order valence-electron chi connectivity index (χ2n) is 3.40. The van der Waals surface area contributed by atoms with Gasteiger partial charge in [0, 0.05) is 18.8 Å². The molecule has 1 aromatic rings. The third-order valence-corrected chi connectivity index (χ3v) is 1.90. The normalized spacial score (nSPS) is 9.00. The average Bonchev–Trinajstić information content (AvgIpc) is 2.31. The predicted molar refractivity (Wildman–Crippen MR) is 63.0 cm³/mol. The van der Waals surface area contributed by atoms with Crippen LogP contribution in [0.2, 0.25) is 0 Å². The van der Waals surface area contributed by atoms with Crippen molar-refractivity contribution in [1.82, 2.24) is 4.98 Å². The van der Waals surface area contributed by atoms with Crippen LogP contribution in [-0.2, 0) is 4.79 Å². The fourth-order valence-electron chi connectivity index (χ4n) is 1.02. The third-order valence-electron chi connectivity index (χ3n) is 1.90. The third kappa shape index (κ3) is 9.04. The van der Waals surface area contributed by atoms with Gasteiger partial charge in [-0.15, -0.1) is 0 Å². The number of carboxylic acids is 2. The summed E-state index contributed by atoms with van der Waals surface area (Å²) in [4.78, 5) is 23.7. The highest BCUT2D eigenvalue weighted by Gasteiger charge is 1.97. The summed E-state index contributed by atoms with van der Waals surface area (Å²) in [6.45, 7) is 2.06. The first kappa shape index (κ1) is 15.1. The van der Waals surface area contributed by atoms with Crippen LogP contribution in [0.25, 0.3) is 0 Å². The van der Waals surface area contributed by atoms with Gasteiger partial charge in [-0.2, -0.15) is 0 Å². The lowest BCUT2D eigenvalue weighted by atomic mass is 10.2. The second kappa shape index (κ2) is 9.33. The molecular formula is C12H17NO4. The minimum Gasteiger partial charge on any atom is -0.481 e. The molecular weight excluding hydrogens is 222 g/mol. The van der Waals surface area contributed by atoms with E-state index in [0.29, 0.717) is 6.42 Å². The Kier molecular flexibility index (Phi) is 8.28. The van der Waals surface area contributed by atoms with Crippen LogP contribution < -0.4 is 0 Å². The summed E-state index contributed by atoms with van der Waals surface area (Å²) in [6, 6.07) is 3.08. The topological polar surface area (TPSA) is 87.5 Å². The van der Waals surface area contributed by atoms with Gasteiger partial charge in [-0.25, -0.2) is 4.79 Å². The molecule has 2 N–H and O–H groups in total. The highest BCUT2D eigenvalue weighted by Crippen LogP contribution is 1.97. The number of unbranched alkanes of at least 4 members (excludes halogenated alkanes) is 2. The lowest BCUT2D eigenvalue weighted by Crippen LogP contribution is -1.94. The van der Waals surface area contributed by atoms with E-state index in [4.69, 9.17) is 10.2 Å². The van der Waals surface area contributed by atoms with E-state index in [0.717, 1.165) is 19.3 Å². The Balaban J connectivity index is 0.000000304. The number of aliphatic carboxylic acids is 1. The van der Waals surface area contributed by atoms with Crippen molar-refractivity contribution in [2.24, 2.45) is 0 Å². The van der Waals surface area contributed by atoms with E-state index in [9.17, 15) is 9.59 Å². The Hall–Kier alpha value is -1.91. The van der Waals surface area contributed by atoms with Gasteiger partial charge in [-0.3, -0.25) is 9.78 Å². The highest BCUT2D eigenvalue weighted by molar-refractivity contribution is 5.86. The number of hydrogen-bond donors (Lipinski definition) is 2. The van der Waals surface area contributed by atoms with E-state index in [-0.39, 0.29) is 5.56 Å². The highest BCUT2D eigenvalue weighted by atomic mass is 16.4. The molecule has 5 heteroatoms. The number of pyridine rings is 1. The molecule has 0 saturated carbocycles. The fraction of sp³-hybridized carbons (Fsp3) is 0.417. The summed E-state index contributed by atoms with van der Waals surface area (Å²) in [5.41, 5.74) is 0.220. The molecule has 1 aromatic heterocycles. The van der Waals surface area contributed by atoms with Crippen LogP contribution >= 0.6 is 0 Å². The summed E-state index contributed by atoms with van der Waals surface area (Å²) >= 11 is 0. The van der Waals surface area contributed by atoms with Crippen molar-refractivity contribution in [3.05, 3.63) is 30.1 Å². The van der Waals surface area contributed by atoms with Crippen LogP contribution in [0.3, 0.4) is 0 Å². The predicted octanol–water partition coefficient (Wildman–Crippen LogP) is 2.43. The molecule has 0 bridgehead atoms. The van der Waals surface area contributed by atoms with Gasteiger partial charge in [0.15, 0.2) is 0 Å². The summed E-state index contributed by atoms with van der Waals surface area (Å²) in [7, 11) is 0.